The number of allylic oxidation sites excluding steroid dienone is 1. The van der Waals surface area contributed by atoms with Crippen molar-refractivity contribution in [2.45, 2.75) is 6.92 Å². The summed E-state index contributed by atoms with van der Waals surface area (Å²) in [5.74, 6) is 0.773. The van der Waals surface area contributed by atoms with Gasteiger partial charge in [-0.1, -0.05) is 54.6 Å². The van der Waals surface area contributed by atoms with E-state index in [9.17, 15) is 4.79 Å². The number of para-hydroxylation sites is 1. The molecule has 4 rings (SSSR count). The first-order chi connectivity index (χ1) is 13.7. The van der Waals surface area contributed by atoms with E-state index in [1.165, 1.54) is 5.56 Å². The summed E-state index contributed by atoms with van der Waals surface area (Å²) in [4.78, 5) is 17.0. The fourth-order valence-corrected chi connectivity index (χ4v) is 3.11. The van der Waals surface area contributed by atoms with Gasteiger partial charge in [-0.25, -0.2) is 4.98 Å². The minimum atomic E-state index is -0.0184. The van der Waals surface area contributed by atoms with Gasteiger partial charge in [-0.15, -0.1) is 0 Å². The van der Waals surface area contributed by atoms with Crippen LogP contribution in [0.1, 0.15) is 21.5 Å². The van der Waals surface area contributed by atoms with Gasteiger partial charge in [-0.2, -0.15) is 0 Å². The third-order valence-corrected chi connectivity index (χ3v) is 4.59. The predicted molar refractivity (Wildman–Crippen MR) is 116 cm³/mol. The Morgan fingerprint density at radius 3 is 2.39 bits per heavy atom. The molecule has 0 saturated heterocycles. The number of fused-ring (bicyclic) bond motifs is 1. The van der Waals surface area contributed by atoms with Gasteiger partial charge in [0.05, 0.1) is 5.52 Å². The summed E-state index contributed by atoms with van der Waals surface area (Å²) in [7, 11) is 0. The van der Waals surface area contributed by atoms with E-state index in [0.717, 1.165) is 28.0 Å². The number of hydrogen-bond acceptors (Lipinski definition) is 3. The molecule has 0 fully saturated rings. The van der Waals surface area contributed by atoms with Crippen LogP contribution in [-0.4, -0.2) is 10.8 Å². The van der Waals surface area contributed by atoms with Gasteiger partial charge in [0, 0.05) is 16.6 Å². The normalized spacial score (nSPS) is 11.0. The summed E-state index contributed by atoms with van der Waals surface area (Å²) in [6, 6.07) is 27.4. The van der Waals surface area contributed by atoms with E-state index in [1.54, 1.807) is 6.08 Å². The molecule has 0 unspecified atom stereocenters. The van der Waals surface area contributed by atoms with Crippen LogP contribution in [0, 0.1) is 6.92 Å². The zero-order valence-corrected chi connectivity index (χ0v) is 15.6. The number of nitrogens with one attached hydrogen (secondary N) is 1. The van der Waals surface area contributed by atoms with Crippen LogP contribution in [0.3, 0.4) is 0 Å². The van der Waals surface area contributed by atoms with Crippen LogP contribution in [0.15, 0.2) is 91.0 Å². The third kappa shape index (κ3) is 3.99. The van der Waals surface area contributed by atoms with E-state index in [-0.39, 0.29) is 5.78 Å². The Morgan fingerprint density at radius 2 is 1.61 bits per heavy atom. The molecule has 3 aromatic carbocycles. The molecule has 1 aromatic heterocycles. The Balaban J connectivity index is 1.49. The molecule has 0 atom stereocenters. The van der Waals surface area contributed by atoms with Crippen LogP contribution in [0.25, 0.3) is 17.0 Å². The molecule has 0 aliphatic rings. The molecule has 1 heterocycles. The second-order valence-electron chi connectivity index (χ2n) is 6.65. The van der Waals surface area contributed by atoms with Crippen molar-refractivity contribution in [1.82, 2.24) is 4.98 Å². The highest BCUT2D eigenvalue weighted by molar-refractivity contribution is 6.07. The molecule has 0 saturated carbocycles. The molecular formula is C25H20N2O. The van der Waals surface area contributed by atoms with Crippen molar-refractivity contribution in [3.63, 3.8) is 0 Å². The van der Waals surface area contributed by atoms with E-state index < -0.39 is 0 Å². The van der Waals surface area contributed by atoms with Crippen molar-refractivity contribution in [3.05, 3.63) is 108 Å². The molecule has 3 heteroatoms. The van der Waals surface area contributed by atoms with Gasteiger partial charge >= 0.3 is 0 Å². The second-order valence-corrected chi connectivity index (χ2v) is 6.65. The lowest BCUT2D eigenvalue weighted by Gasteiger charge is -2.09. The number of aromatic nitrogens is 1. The fraction of sp³-hybridized carbons (Fsp3) is 0.0400. The SMILES string of the molecule is Cc1cc(Nc2ccc(C(=O)C=Cc3ccccc3)cc2)nc2ccccc12. The molecule has 3 nitrogen and oxygen atoms in total. The maximum Gasteiger partial charge on any atom is 0.185 e. The molecule has 0 bridgehead atoms. The molecule has 0 amide bonds. The average molecular weight is 364 g/mol. The van der Waals surface area contributed by atoms with E-state index in [0.29, 0.717) is 5.56 Å². The fourth-order valence-electron chi connectivity index (χ4n) is 3.11. The molecule has 0 radical (unpaired) electrons. The lowest BCUT2D eigenvalue weighted by molar-refractivity contribution is 0.104. The van der Waals surface area contributed by atoms with Gasteiger partial charge in [0.25, 0.3) is 0 Å². The Labute approximate surface area is 164 Å². The standard InChI is InChI=1S/C25H20N2O/c1-18-17-25(27-23-10-6-5-9-22(18)23)26-21-14-12-20(13-15-21)24(28)16-11-19-7-3-2-4-8-19/h2-17H,1H3,(H,26,27). The monoisotopic (exact) mass is 364 g/mol. The Morgan fingerprint density at radius 1 is 0.893 bits per heavy atom. The van der Waals surface area contributed by atoms with Gasteiger partial charge in [-0.05, 0) is 60.5 Å². The first-order valence-corrected chi connectivity index (χ1v) is 9.20. The lowest BCUT2D eigenvalue weighted by Crippen LogP contribution is -1.97. The van der Waals surface area contributed by atoms with E-state index in [1.807, 2.05) is 84.9 Å². The summed E-state index contributed by atoms with van der Waals surface area (Å²) in [6.07, 6.45) is 3.43. The van der Waals surface area contributed by atoms with Crippen LogP contribution in [-0.2, 0) is 0 Å². The second kappa shape index (κ2) is 7.89. The molecule has 136 valence electrons. The summed E-state index contributed by atoms with van der Waals surface area (Å²) in [5.41, 5.74) is 4.69. The molecule has 0 aliphatic heterocycles. The number of hydrogen-bond donors (Lipinski definition) is 1. The van der Waals surface area contributed by atoms with Gasteiger partial charge in [0.1, 0.15) is 5.82 Å². The summed E-state index contributed by atoms with van der Waals surface area (Å²) in [5, 5.41) is 4.47. The van der Waals surface area contributed by atoms with Crippen molar-refractivity contribution in [2.24, 2.45) is 0 Å². The van der Waals surface area contributed by atoms with Gasteiger partial charge in [0.15, 0.2) is 5.78 Å². The highest BCUT2D eigenvalue weighted by atomic mass is 16.1. The molecular weight excluding hydrogens is 344 g/mol. The Bertz CT molecular complexity index is 1150. The van der Waals surface area contributed by atoms with Gasteiger partial charge in [0.2, 0.25) is 0 Å². The third-order valence-electron chi connectivity index (χ3n) is 4.59. The number of aryl methyl sites for hydroxylation is 1. The number of anilines is 2. The zero-order valence-electron chi connectivity index (χ0n) is 15.6. The lowest BCUT2D eigenvalue weighted by atomic mass is 10.1. The quantitative estimate of drug-likeness (QED) is 0.339. The minimum absolute atomic E-state index is 0.0184. The van der Waals surface area contributed by atoms with Crippen LogP contribution in [0.2, 0.25) is 0 Å². The predicted octanol–water partition coefficient (Wildman–Crippen LogP) is 6.18. The van der Waals surface area contributed by atoms with Gasteiger partial charge < -0.3 is 5.32 Å². The Kier molecular flexibility index (Phi) is 4.98. The summed E-state index contributed by atoms with van der Waals surface area (Å²) < 4.78 is 0. The Hall–Kier alpha value is -3.72. The zero-order chi connectivity index (χ0) is 19.3. The highest BCUT2D eigenvalue weighted by Gasteiger charge is 2.05. The number of pyridine rings is 1. The number of carbonyl (C=O) groups is 1. The molecule has 0 aliphatic carbocycles. The van der Waals surface area contributed by atoms with Gasteiger partial charge in [-0.3, -0.25) is 4.79 Å². The smallest absolute Gasteiger partial charge is 0.185 e. The number of ketones is 1. The minimum Gasteiger partial charge on any atom is -0.340 e. The number of rotatable bonds is 5. The first kappa shape index (κ1) is 17.7. The summed E-state index contributed by atoms with van der Waals surface area (Å²) in [6.45, 7) is 2.08. The van der Waals surface area contributed by atoms with Crippen molar-refractivity contribution in [3.8, 4) is 0 Å². The maximum absolute atomic E-state index is 12.4. The number of carbonyl (C=O) groups excluding carboxylic acids is 1. The summed E-state index contributed by atoms with van der Waals surface area (Å²) >= 11 is 0. The highest BCUT2D eigenvalue weighted by Crippen LogP contribution is 2.22. The number of nitrogens with zero attached hydrogens (tertiary/aromatic N) is 1. The van der Waals surface area contributed by atoms with Crippen LogP contribution in [0.5, 0.6) is 0 Å². The van der Waals surface area contributed by atoms with E-state index >= 15 is 0 Å². The van der Waals surface area contributed by atoms with Crippen molar-refractivity contribution < 1.29 is 4.79 Å². The van der Waals surface area contributed by atoms with Crippen molar-refractivity contribution in [1.29, 1.82) is 0 Å². The van der Waals surface area contributed by atoms with E-state index in [2.05, 4.69) is 23.3 Å². The molecule has 4 aromatic rings. The first-order valence-electron chi connectivity index (χ1n) is 9.20. The largest absolute Gasteiger partial charge is 0.340 e. The number of benzene rings is 3. The van der Waals surface area contributed by atoms with Crippen LogP contribution >= 0.6 is 0 Å². The van der Waals surface area contributed by atoms with Crippen LogP contribution in [0.4, 0.5) is 11.5 Å². The average Bonchev–Trinajstić information content (AvgIpc) is 2.73. The maximum atomic E-state index is 12.4. The molecule has 1 N–H and O–H groups in total. The van der Waals surface area contributed by atoms with Crippen molar-refractivity contribution >= 4 is 34.3 Å². The topological polar surface area (TPSA) is 42.0 Å². The molecule has 0 spiro atoms. The van der Waals surface area contributed by atoms with Crippen molar-refractivity contribution in [2.75, 3.05) is 5.32 Å². The molecule has 28 heavy (non-hydrogen) atoms. The van der Waals surface area contributed by atoms with Crippen LogP contribution < -0.4 is 5.32 Å². The van der Waals surface area contributed by atoms with E-state index in [4.69, 9.17) is 0 Å².